The lowest BCUT2D eigenvalue weighted by atomic mass is 10.1. The first-order chi connectivity index (χ1) is 9.41. The van der Waals surface area contributed by atoms with E-state index in [1.807, 2.05) is 24.3 Å². The van der Waals surface area contributed by atoms with Crippen LogP contribution in [0.15, 0.2) is 24.3 Å². The van der Waals surface area contributed by atoms with Crippen molar-refractivity contribution in [1.29, 1.82) is 0 Å². The second-order valence-electron chi connectivity index (χ2n) is 4.67. The van der Waals surface area contributed by atoms with Crippen LogP contribution in [0.1, 0.15) is 11.1 Å². The first-order valence-electron chi connectivity index (χ1n) is 6.16. The summed E-state index contributed by atoms with van der Waals surface area (Å²) in [6, 6.07) is 7.36. The molecule has 20 heavy (non-hydrogen) atoms. The zero-order valence-electron chi connectivity index (χ0n) is 12.3. The highest BCUT2D eigenvalue weighted by atomic mass is 16.6. The predicted molar refractivity (Wildman–Crippen MR) is 74.2 cm³/mol. The highest BCUT2D eigenvalue weighted by molar-refractivity contribution is 5.67. The molecule has 1 aromatic rings. The molecule has 0 N–H and O–H groups in total. The molecule has 0 atom stereocenters. The summed E-state index contributed by atoms with van der Waals surface area (Å²) in [4.78, 5) is 25.5. The molecule has 0 saturated heterocycles. The molecule has 0 spiro atoms. The average Bonchev–Trinajstić information content (AvgIpc) is 2.42. The highest BCUT2D eigenvalue weighted by Crippen LogP contribution is 2.12. The van der Waals surface area contributed by atoms with Crippen LogP contribution in [0, 0.1) is 0 Å². The Labute approximate surface area is 118 Å². The monoisotopic (exact) mass is 280 g/mol. The molecule has 0 aliphatic heterocycles. The van der Waals surface area contributed by atoms with Crippen molar-refractivity contribution in [2.24, 2.45) is 0 Å². The summed E-state index contributed by atoms with van der Waals surface area (Å²) in [6.45, 7) is 0.291. The van der Waals surface area contributed by atoms with Crippen molar-refractivity contribution in [3.05, 3.63) is 35.4 Å². The summed E-state index contributed by atoms with van der Waals surface area (Å²) in [6.07, 6.45) is -0.824. The number of amides is 2. The molecule has 0 saturated carbocycles. The first kappa shape index (κ1) is 15.8. The van der Waals surface area contributed by atoms with Gasteiger partial charge in [0.1, 0.15) is 13.2 Å². The van der Waals surface area contributed by atoms with E-state index in [9.17, 15) is 9.59 Å². The van der Waals surface area contributed by atoms with Gasteiger partial charge in [0.05, 0.1) is 0 Å². The van der Waals surface area contributed by atoms with E-state index >= 15 is 0 Å². The van der Waals surface area contributed by atoms with Gasteiger partial charge < -0.3 is 19.3 Å². The van der Waals surface area contributed by atoms with Crippen LogP contribution in [0.3, 0.4) is 0 Å². The minimum absolute atomic E-state index is 0.146. The van der Waals surface area contributed by atoms with Crippen LogP contribution in [0.2, 0.25) is 0 Å². The number of carbonyl (C=O) groups excluding carboxylic acids is 2. The van der Waals surface area contributed by atoms with Crippen LogP contribution < -0.4 is 0 Å². The fourth-order valence-electron chi connectivity index (χ4n) is 1.38. The van der Waals surface area contributed by atoms with Crippen molar-refractivity contribution in [3.8, 4) is 0 Å². The first-order valence-corrected chi connectivity index (χ1v) is 6.16. The van der Waals surface area contributed by atoms with E-state index in [2.05, 4.69) is 0 Å². The van der Waals surface area contributed by atoms with E-state index in [4.69, 9.17) is 9.47 Å². The van der Waals surface area contributed by atoms with Crippen molar-refractivity contribution in [2.45, 2.75) is 13.2 Å². The van der Waals surface area contributed by atoms with Crippen molar-refractivity contribution >= 4 is 12.2 Å². The number of nitrogens with zero attached hydrogens (tertiary/aromatic N) is 2. The molecule has 1 rings (SSSR count). The van der Waals surface area contributed by atoms with Gasteiger partial charge in [-0.2, -0.15) is 0 Å². The summed E-state index contributed by atoms with van der Waals surface area (Å²) >= 11 is 0. The number of rotatable bonds is 4. The van der Waals surface area contributed by atoms with Gasteiger partial charge in [-0.15, -0.1) is 0 Å². The number of hydrogen-bond acceptors (Lipinski definition) is 4. The van der Waals surface area contributed by atoms with Crippen molar-refractivity contribution in [1.82, 2.24) is 9.80 Å². The molecule has 6 heteroatoms. The molecule has 0 unspecified atom stereocenters. The largest absolute Gasteiger partial charge is 0.445 e. The Morgan fingerprint density at radius 1 is 0.850 bits per heavy atom. The molecule has 2 amide bonds. The molecule has 0 radical (unpaired) electrons. The second kappa shape index (κ2) is 7.37. The second-order valence-corrected chi connectivity index (χ2v) is 4.67. The molecular weight excluding hydrogens is 260 g/mol. The van der Waals surface area contributed by atoms with Gasteiger partial charge in [-0.25, -0.2) is 9.59 Å². The van der Waals surface area contributed by atoms with Crippen molar-refractivity contribution < 1.29 is 19.1 Å². The third kappa shape index (κ3) is 4.79. The Morgan fingerprint density at radius 3 is 1.50 bits per heavy atom. The standard InChI is InChI=1S/C14H20N2O4/c1-15(2)13(17)19-9-11-7-5-6-8-12(11)10-20-14(18)16(3)4/h5-8H,9-10H2,1-4H3. The normalized spacial score (nSPS) is 9.80. The lowest BCUT2D eigenvalue weighted by Crippen LogP contribution is -2.23. The van der Waals surface area contributed by atoms with Gasteiger partial charge in [0, 0.05) is 28.2 Å². The maximum atomic E-state index is 11.4. The van der Waals surface area contributed by atoms with Gasteiger partial charge in [-0.3, -0.25) is 0 Å². The van der Waals surface area contributed by atoms with Gasteiger partial charge >= 0.3 is 12.2 Å². The molecule has 0 aromatic heterocycles. The molecule has 0 aliphatic rings. The van der Waals surface area contributed by atoms with Crippen LogP contribution in [-0.2, 0) is 22.7 Å². The molecule has 0 fully saturated rings. The van der Waals surface area contributed by atoms with Crippen molar-refractivity contribution in [2.75, 3.05) is 28.2 Å². The van der Waals surface area contributed by atoms with Gasteiger partial charge in [0.2, 0.25) is 0 Å². The maximum absolute atomic E-state index is 11.4. The van der Waals surface area contributed by atoms with Crippen molar-refractivity contribution in [3.63, 3.8) is 0 Å². The fourth-order valence-corrected chi connectivity index (χ4v) is 1.38. The van der Waals surface area contributed by atoms with E-state index < -0.39 is 12.2 Å². The lowest BCUT2D eigenvalue weighted by molar-refractivity contribution is 0.105. The maximum Gasteiger partial charge on any atom is 0.409 e. The molecular formula is C14H20N2O4. The molecule has 0 heterocycles. The average molecular weight is 280 g/mol. The van der Waals surface area contributed by atoms with E-state index in [0.29, 0.717) is 0 Å². The Bertz CT molecular complexity index is 429. The summed E-state index contributed by atoms with van der Waals surface area (Å²) in [5, 5.41) is 0. The van der Waals surface area contributed by atoms with Gasteiger partial charge in [0.15, 0.2) is 0 Å². The third-order valence-corrected chi connectivity index (χ3v) is 2.55. The summed E-state index contributed by atoms with van der Waals surface area (Å²) < 4.78 is 10.2. The minimum Gasteiger partial charge on any atom is -0.445 e. The number of carbonyl (C=O) groups is 2. The Balaban J connectivity index is 2.64. The molecule has 0 bridgehead atoms. The fraction of sp³-hybridized carbons (Fsp3) is 0.429. The number of benzene rings is 1. The van der Waals surface area contributed by atoms with Gasteiger partial charge in [-0.05, 0) is 11.1 Å². The third-order valence-electron chi connectivity index (χ3n) is 2.55. The SMILES string of the molecule is CN(C)C(=O)OCc1ccccc1COC(=O)N(C)C. The summed E-state index contributed by atoms with van der Waals surface area (Å²) in [5.74, 6) is 0. The van der Waals surface area contributed by atoms with Gasteiger partial charge in [0.25, 0.3) is 0 Å². The number of hydrogen-bond donors (Lipinski definition) is 0. The van der Waals surface area contributed by atoms with E-state index in [1.165, 1.54) is 9.80 Å². The lowest BCUT2D eigenvalue weighted by Gasteiger charge is -2.15. The molecule has 6 nitrogen and oxygen atoms in total. The molecule has 110 valence electrons. The van der Waals surface area contributed by atoms with Crippen LogP contribution in [0.4, 0.5) is 9.59 Å². The smallest absolute Gasteiger partial charge is 0.409 e. The summed E-state index contributed by atoms with van der Waals surface area (Å²) in [5.41, 5.74) is 1.63. The Kier molecular flexibility index (Phi) is 5.83. The molecule has 1 aromatic carbocycles. The zero-order chi connectivity index (χ0) is 15.1. The van der Waals surface area contributed by atoms with E-state index in [-0.39, 0.29) is 13.2 Å². The predicted octanol–water partition coefficient (Wildman–Crippen LogP) is 2.08. The topological polar surface area (TPSA) is 59.1 Å². The van der Waals surface area contributed by atoms with E-state index in [0.717, 1.165) is 11.1 Å². The van der Waals surface area contributed by atoms with Crippen LogP contribution in [0.25, 0.3) is 0 Å². The minimum atomic E-state index is -0.412. The van der Waals surface area contributed by atoms with Crippen LogP contribution in [0.5, 0.6) is 0 Å². The van der Waals surface area contributed by atoms with E-state index in [1.54, 1.807) is 28.2 Å². The summed E-state index contributed by atoms with van der Waals surface area (Å²) in [7, 11) is 6.47. The molecule has 0 aliphatic carbocycles. The Hall–Kier alpha value is -2.24. The quantitative estimate of drug-likeness (QED) is 0.847. The van der Waals surface area contributed by atoms with Crippen LogP contribution >= 0.6 is 0 Å². The zero-order valence-corrected chi connectivity index (χ0v) is 12.3. The Morgan fingerprint density at radius 2 is 1.20 bits per heavy atom. The highest BCUT2D eigenvalue weighted by Gasteiger charge is 2.10. The van der Waals surface area contributed by atoms with Gasteiger partial charge in [-0.1, -0.05) is 24.3 Å². The number of ether oxygens (including phenoxy) is 2. The van der Waals surface area contributed by atoms with Crippen LogP contribution in [-0.4, -0.2) is 50.2 Å².